The highest BCUT2D eigenvalue weighted by molar-refractivity contribution is 5.24. The Hall–Kier alpha value is -0.910. The number of rotatable bonds is 6. The van der Waals surface area contributed by atoms with Gasteiger partial charge < -0.3 is 14.8 Å². The SMILES string of the molecule is COCCNCc1c(C)nn(C2CCCOC2)c1C. The van der Waals surface area contributed by atoms with Crippen molar-refractivity contribution in [1.29, 1.82) is 0 Å². The lowest BCUT2D eigenvalue weighted by molar-refractivity contribution is 0.0541. The molecule has 1 aliphatic rings. The topological polar surface area (TPSA) is 48.3 Å². The number of nitrogens with zero attached hydrogens (tertiary/aromatic N) is 2. The maximum absolute atomic E-state index is 5.56. The minimum atomic E-state index is 0.403. The first-order valence-corrected chi connectivity index (χ1v) is 7.06. The van der Waals surface area contributed by atoms with Gasteiger partial charge in [0.25, 0.3) is 0 Å². The summed E-state index contributed by atoms with van der Waals surface area (Å²) < 4.78 is 12.8. The van der Waals surface area contributed by atoms with Crippen molar-refractivity contribution in [3.8, 4) is 0 Å². The van der Waals surface area contributed by atoms with E-state index >= 15 is 0 Å². The van der Waals surface area contributed by atoms with Crippen molar-refractivity contribution in [2.75, 3.05) is 33.5 Å². The first kappa shape index (κ1) is 14.5. The van der Waals surface area contributed by atoms with Crippen molar-refractivity contribution in [3.63, 3.8) is 0 Å². The Bertz CT molecular complexity index is 398. The molecule has 1 aromatic rings. The van der Waals surface area contributed by atoms with E-state index in [-0.39, 0.29) is 0 Å². The van der Waals surface area contributed by atoms with Gasteiger partial charge in [0.2, 0.25) is 0 Å². The minimum Gasteiger partial charge on any atom is -0.383 e. The Kier molecular flexibility index (Phi) is 5.36. The molecular weight excluding hydrogens is 242 g/mol. The molecule has 1 aromatic heterocycles. The van der Waals surface area contributed by atoms with E-state index in [2.05, 4.69) is 23.8 Å². The van der Waals surface area contributed by atoms with Crippen LogP contribution >= 0.6 is 0 Å². The lowest BCUT2D eigenvalue weighted by atomic mass is 10.1. The van der Waals surface area contributed by atoms with Crippen molar-refractivity contribution in [3.05, 3.63) is 17.0 Å². The van der Waals surface area contributed by atoms with E-state index in [0.717, 1.165) is 45.0 Å². The molecule has 1 aliphatic heterocycles. The number of ether oxygens (including phenoxy) is 2. The molecule has 1 N–H and O–H groups in total. The Morgan fingerprint density at radius 1 is 1.47 bits per heavy atom. The molecule has 108 valence electrons. The molecule has 0 spiro atoms. The Balaban J connectivity index is 2.01. The van der Waals surface area contributed by atoms with E-state index in [0.29, 0.717) is 6.04 Å². The van der Waals surface area contributed by atoms with E-state index < -0.39 is 0 Å². The molecule has 2 rings (SSSR count). The van der Waals surface area contributed by atoms with Gasteiger partial charge in [-0.15, -0.1) is 0 Å². The summed E-state index contributed by atoms with van der Waals surface area (Å²) in [4.78, 5) is 0. The van der Waals surface area contributed by atoms with Crippen molar-refractivity contribution < 1.29 is 9.47 Å². The predicted octanol–water partition coefficient (Wildman–Crippen LogP) is 1.59. The normalized spacial score (nSPS) is 19.8. The first-order valence-electron chi connectivity index (χ1n) is 7.06. The summed E-state index contributed by atoms with van der Waals surface area (Å²) in [6.45, 7) is 8.38. The third-order valence-corrected chi connectivity index (χ3v) is 3.74. The van der Waals surface area contributed by atoms with Crippen molar-refractivity contribution in [2.24, 2.45) is 0 Å². The third kappa shape index (κ3) is 3.55. The van der Waals surface area contributed by atoms with Crippen LogP contribution < -0.4 is 5.32 Å². The van der Waals surface area contributed by atoms with Crippen LogP contribution in [0.2, 0.25) is 0 Å². The fourth-order valence-electron chi connectivity index (χ4n) is 2.61. The van der Waals surface area contributed by atoms with Gasteiger partial charge in [0.05, 0.1) is 24.9 Å². The lowest BCUT2D eigenvalue weighted by Crippen LogP contribution is -2.23. The molecule has 1 unspecified atom stereocenters. The van der Waals surface area contributed by atoms with Crippen LogP contribution in [0, 0.1) is 13.8 Å². The van der Waals surface area contributed by atoms with Crippen LogP contribution in [0.25, 0.3) is 0 Å². The molecule has 0 saturated carbocycles. The maximum Gasteiger partial charge on any atom is 0.0756 e. The van der Waals surface area contributed by atoms with Gasteiger partial charge in [-0.2, -0.15) is 5.10 Å². The average molecular weight is 267 g/mol. The molecule has 1 saturated heterocycles. The van der Waals surface area contributed by atoms with Crippen LogP contribution in [0.15, 0.2) is 0 Å². The average Bonchev–Trinajstić information content (AvgIpc) is 2.72. The van der Waals surface area contributed by atoms with Gasteiger partial charge in [0.15, 0.2) is 0 Å². The second-order valence-corrected chi connectivity index (χ2v) is 5.13. The highest BCUT2D eigenvalue weighted by Gasteiger charge is 2.21. The van der Waals surface area contributed by atoms with E-state index in [4.69, 9.17) is 14.6 Å². The zero-order valence-corrected chi connectivity index (χ0v) is 12.2. The van der Waals surface area contributed by atoms with Crippen LogP contribution in [-0.2, 0) is 16.0 Å². The maximum atomic E-state index is 5.56. The second-order valence-electron chi connectivity index (χ2n) is 5.13. The summed E-state index contributed by atoms with van der Waals surface area (Å²) in [6, 6.07) is 0.403. The zero-order chi connectivity index (χ0) is 13.7. The molecule has 0 bridgehead atoms. The highest BCUT2D eigenvalue weighted by atomic mass is 16.5. The molecule has 1 atom stereocenters. The zero-order valence-electron chi connectivity index (χ0n) is 12.2. The Morgan fingerprint density at radius 3 is 3.00 bits per heavy atom. The fourth-order valence-corrected chi connectivity index (χ4v) is 2.61. The van der Waals surface area contributed by atoms with Crippen LogP contribution in [-0.4, -0.2) is 43.3 Å². The summed E-state index contributed by atoms with van der Waals surface area (Å²) in [5, 5.41) is 8.09. The van der Waals surface area contributed by atoms with Gasteiger partial charge >= 0.3 is 0 Å². The third-order valence-electron chi connectivity index (χ3n) is 3.74. The van der Waals surface area contributed by atoms with E-state index in [1.54, 1.807) is 7.11 Å². The summed E-state index contributed by atoms with van der Waals surface area (Å²) in [5.41, 5.74) is 3.69. The van der Waals surface area contributed by atoms with Gasteiger partial charge in [-0.05, 0) is 26.7 Å². The van der Waals surface area contributed by atoms with Crippen molar-refractivity contribution >= 4 is 0 Å². The fraction of sp³-hybridized carbons (Fsp3) is 0.786. The van der Waals surface area contributed by atoms with Crippen LogP contribution in [0.4, 0.5) is 0 Å². The number of nitrogens with one attached hydrogen (secondary N) is 1. The Labute approximate surface area is 115 Å². The van der Waals surface area contributed by atoms with Gasteiger partial charge in [-0.3, -0.25) is 4.68 Å². The smallest absolute Gasteiger partial charge is 0.0756 e. The molecule has 19 heavy (non-hydrogen) atoms. The van der Waals surface area contributed by atoms with Crippen LogP contribution in [0.3, 0.4) is 0 Å². The van der Waals surface area contributed by atoms with E-state index in [1.165, 1.54) is 17.7 Å². The van der Waals surface area contributed by atoms with Crippen molar-refractivity contribution in [1.82, 2.24) is 15.1 Å². The first-order chi connectivity index (χ1) is 9.24. The number of hydrogen-bond donors (Lipinski definition) is 1. The standard InChI is InChI=1S/C14H25N3O2/c1-11-14(9-15-6-8-18-3)12(2)17(16-11)13-5-4-7-19-10-13/h13,15H,4-10H2,1-3H3. The number of hydrogen-bond acceptors (Lipinski definition) is 4. The second kappa shape index (κ2) is 7.03. The summed E-state index contributed by atoms with van der Waals surface area (Å²) in [7, 11) is 1.72. The number of methoxy groups -OCH3 is 1. The van der Waals surface area contributed by atoms with E-state index in [1.807, 2.05) is 0 Å². The molecule has 2 heterocycles. The Morgan fingerprint density at radius 2 is 2.32 bits per heavy atom. The largest absolute Gasteiger partial charge is 0.383 e. The van der Waals surface area contributed by atoms with Gasteiger partial charge in [-0.1, -0.05) is 0 Å². The molecule has 0 radical (unpaired) electrons. The van der Waals surface area contributed by atoms with Crippen LogP contribution in [0.1, 0.15) is 35.8 Å². The minimum absolute atomic E-state index is 0.403. The molecule has 0 aliphatic carbocycles. The summed E-state index contributed by atoms with van der Waals surface area (Å²) in [6.07, 6.45) is 2.29. The van der Waals surface area contributed by atoms with Gasteiger partial charge in [0.1, 0.15) is 0 Å². The predicted molar refractivity (Wildman–Crippen MR) is 74.4 cm³/mol. The lowest BCUT2D eigenvalue weighted by Gasteiger charge is -2.23. The van der Waals surface area contributed by atoms with E-state index in [9.17, 15) is 0 Å². The summed E-state index contributed by atoms with van der Waals surface area (Å²) in [5.74, 6) is 0. The number of aromatic nitrogens is 2. The molecule has 5 heteroatoms. The van der Waals surface area contributed by atoms with Gasteiger partial charge in [-0.25, -0.2) is 0 Å². The van der Waals surface area contributed by atoms with Crippen LogP contribution in [0.5, 0.6) is 0 Å². The van der Waals surface area contributed by atoms with Gasteiger partial charge in [0, 0.05) is 38.1 Å². The quantitative estimate of drug-likeness (QED) is 0.795. The molecule has 1 fully saturated rings. The monoisotopic (exact) mass is 267 g/mol. The molecule has 0 amide bonds. The highest BCUT2D eigenvalue weighted by Crippen LogP contribution is 2.23. The molecule has 0 aromatic carbocycles. The molecular formula is C14H25N3O2. The van der Waals surface area contributed by atoms with Crippen molar-refractivity contribution in [2.45, 2.75) is 39.3 Å². The summed E-state index contributed by atoms with van der Waals surface area (Å²) >= 11 is 0. The molecule has 5 nitrogen and oxygen atoms in total. The number of aryl methyl sites for hydroxylation is 1.